The lowest BCUT2D eigenvalue weighted by Gasteiger charge is -2.10. The fraction of sp³-hybridized carbons (Fsp3) is 0.111. The second kappa shape index (κ2) is 7.96. The Hall–Kier alpha value is -1.60. The van der Waals surface area contributed by atoms with E-state index in [0.717, 1.165) is 15.6 Å². The zero-order chi connectivity index (χ0) is 18.8. The summed E-state index contributed by atoms with van der Waals surface area (Å²) < 4.78 is 6.58. The highest BCUT2D eigenvalue weighted by molar-refractivity contribution is 9.10. The molecule has 1 N–H and O–H groups in total. The predicted octanol–water partition coefficient (Wildman–Crippen LogP) is 5.02. The summed E-state index contributed by atoms with van der Waals surface area (Å²) in [6, 6.07) is 10.8. The number of carbonyl (C=O) groups excluding carboxylic acids is 1. The highest BCUT2D eigenvalue weighted by atomic mass is 79.9. The molecule has 0 radical (unpaired) electrons. The predicted molar refractivity (Wildman–Crippen MR) is 111 cm³/mol. The molecule has 2 aromatic rings. The fourth-order valence-electron chi connectivity index (χ4n) is 2.31. The van der Waals surface area contributed by atoms with Crippen LogP contribution in [0.2, 0.25) is 10.0 Å². The number of likely N-dealkylation sites (N-methyl/N-ethyl adjacent to an activating group) is 1. The SMILES string of the molecule is CN1C(=O)/C(=C\c2ccc(OCc3ccc(Cl)cc3Cl)c(Br)c2)NC1=S. The van der Waals surface area contributed by atoms with Gasteiger partial charge in [-0.2, -0.15) is 0 Å². The van der Waals surface area contributed by atoms with E-state index in [1.165, 1.54) is 4.90 Å². The van der Waals surface area contributed by atoms with Crippen molar-refractivity contribution in [3.8, 4) is 5.75 Å². The zero-order valence-corrected chi connectivity index (χ0v) is 17.5. The summed E-state index contributed by atoms with van der Waals surface area (Å²) in [6.45, 7) is 0.314. The molecule has 0 atom stereocenters. The van der Waals surface area contributed by atoms with Crippen LogP contribution in [-0.4, -0.2) is 23.0 Å². The first-order valence-electron chi connectivity index (χ1n) is 7.52. The van der Waals surface area contributed by atoms with Gasteiger partial charge in [-0.25, -0.2) is 0 Å². The van der Waals surface area contributed by atoms with Crippen LogP contribution in [0, 0.1) is 0 Å². The molecule has 26 heavy (non-hydrogen) atoms. The van der Waals surface area contributed by atoms with Crippen LogP contribution >= 0.6 is 51.3 Å². The van der Waals surface area contributed by atoms with Crippen LogP contribution in [0.15, 0.2) is 46.6 Å². The van der Waals surface area contributed by atoms with E-state index in [1.54, 1.807) is 25.3 Å². The molecule has 8 heteroatoms. The molecular formula is C18H13BrCl2N2O2S. The molecule has 134 valence electrons. The quantitative estimate of drug-likeness (QED) is 0.502. The van der Waals surface area contributed by atoms with Crippen LogP contribution in [-0.2, 0) is 11.4 Å². The zero-order valence-electron chi connectivity index (χ0n) is 13.6. The number of halogens is 3. The van der Waals surface area contributed by atoms with E-state index in [-0.39, 0.29) is 5.91 Å². The van der Waals surface area contributed by atoms with Crippen LogP contribution in [0.4, 0.5) is 0 Å². The number of carbonyl (C=O) groups is 1. The molecule has 0 saturated carbocycles. The standard InChI is InChI=1S/C18H13BrCl2N2O2S/c1-23-17(24)15(22-18(23)26)7-10-2-5-16(13(19)6-10)25-9-11-3-4-12(20)8-14(11)21/h2-8H,9H2,1H3,(H,22,26)/b15-7+. The molecule has 1 amide bonds. The van der Waals surface area contributed by atoms with E-state index < -0.39 is 0 Å². The van der Waals surface area contributed by atoms with Crippen molar-refractivity contribution < 1.29 is 9.53 Å². The van der Waals surface area contributed by atoms with Gasteiger partial charge in [-0.3, -0.25) is 9.69 Å². The maximum atomic E-state index is 12.0. The first-order chi connectivity index (χ1) is 12.3. The minimum atomic E-state index is -0.163. The fourth-order valence-corrected chi connectivity index (χ4v) is 3.47. The number of rotatable bonds is 4. The lowest BCUT2D eigenvalue weighted by molar-refractivity contribution is -0.121. The van der Waals surface area contributed by atoms with Gasteiger partial charge >= 0.3 is 0 Å². The molecule has 1 aliphatic rings. The maximum Gasteiger partial charge on any atom is 0.276 e. The summed E-state index contributed by atoms with van der Waals surface area (Å²) >= 11 is 20.6. The number of nitrogens with one attached hydrogen (secondary N) is 1. The Morgan fingerprint density at radius 2 is 2.04 bits per heavy atom. The average molecular weight is 472 g/mol. The summed E-state index contributed by atoms with van der Waals surface area (Å²) in [5.41, 5.74) is 2.11. The lowest BCUT2D eigenvalue weighted by Crippen LogP contribution is -2.25. The molecule has 1 aliphatic heterocycles. The largest absolute Gasteiger partial charge is 0.488 e. The molecule has 0 bridgehead atoms. The van der Waals surface area contributed by atoms with Gasteiger partial charge in [0.1, 0.15) is 18.1 Å². The summed E-state index contributed by atoms with van der Waals surface area (Å²) in [4.78, 5) is 13.4. The Bertz CT molecular complexity index is 933. The normalized spacial score (nSPS) is 15.5. The maximum absolute atomic E-state index is 12.0. The molecule has 1 heterocycles. The summed E-state index contributed by atoms with van der Waals surface area (Å²) in [5, 5.41) is 4.42. The van der Waals surface area contributed by atoms with E-state index in [2.05, 4.69) is 21.2 Å². The molecule has 2 aromatic carbocycles. The van der Waals surface area contributed by atoms with Crippen LogP contribution in [0.25, 0.3) is 6.08 Å². The van der Waals surface area contributed by atoms with Crippen molar-refractivity contribution in [2.45, 2.75) is 6.61 Å². The van der Waals surface area contributed by atoms with E-state index in [4.69, 9.17) is 40.2 Å². The van der Waals surface area contributed by atoms with Gasteiger partial charge in [0.15, 0.2) is 5.11 Å². The number of thiocarbonyl (C=S) groups is 1. The lowest BCUT2D eigenvalue weighted by atomic mass is 10.2. The van der Waals surface area contributed by atoms with Crippen molar-refractivity contribution in [1.29, 1.82) is 0 Å². The van der Waals surface area contributed by atoms with E-state index in [9.17, 15) is 4.79 Å². The number of benzene rings is 2. The third-order valence-electron chi connectivity index (χ3n) is 3.75. The number of nitrogens with zero attached hydrogens (tertiary/aromatic N) is 1. The Morgan fingerprint density at radius 3 is 2.65 bits per heavy atom. The summed E-state index contributed by atoms with van der Waals surface area (Å²) in [5.74, 6) is 0.500. The molecule has 0 unspecified atom stereocenters. The molecule has 3 rings (SSSR count). The van der Waals surface area contributed by atoms with E-state index in [1.807, 2.05) is 24.3 Å². The van der Waals surface area contributed by atoms with Gasteiger partial charge in [-0.1, -0.05) is 35.3 Å². The number of ether oxygens (including phenoxy) is 1. The minimum absolute atomic E-state index is 0.163. The van der Waals surface area contributed by atoms with Gasteiger partial charge in [-0.15, -0.1) is 0 Å². The third kappa shape index (κ3) is 4.20. The molecule has 4 nitrogen and oxygen atoms in total. The third-order valence-corrected chi connectivity index (χ3v) is 5.33. The molecular weight excluding hydrogens is 459 g/mol. The van der Waals surface area contributed by atoms with Crippen LogP contribution in [0.3, 0.4) is 0 Å². The van der Waals surface area contributed by atoms with Gasteiger partial charge in [0.05, 0.1) is 4.47 Å². The average Bonchev–Trinajstić information content (AvgIpc) is 2.82. The van der Waals surface area contributed by atoms with Gasteiger partial charge in [0.2, 0.25) is 0 Å². The second-order valence-corrected chi connectivity index (χ2v) is 7.65. The molecule has 1 saturated heterocycles. The van der Waals surface area contributed by atoms with Crippen molar-refractivity contribution in [3.63, 3.8) is 0 Å². The summed E-state index contributed by atoms with van der Waals surface area (Å²) in [6.07, 6.45) is 1.74. The van der Waals surface area contributed by atoms with Crippen LogP contribution in [0.5, 0.6) is 5.75 Å². The molecule has 1 fully saturated rings. The number of hydrogen-bond donors (Lipinski definition) is 1. The molecule has 0 aromatic heterocycles. The van der Waals surface area contributed by atoms with Gasteiger partial charge in [0.25, 0.3) is 5.91 Å². The Kier molecular flexibility index (Phi) is 5.87. The Labute approximate surface area is 174 Å². The number of hydrogen-bond acceptors (Lipinski definition) is 3. The highest BCUT2D eigenvalue weighted by Gasteiger charge is 2.26. The summed E-state index contributed by atoms with van der Waals surface area (Å²) in [7, 11) is 1.63. The van der Waals surface area contributed by atoms with E-state index >= 15 is 0 Å². The van der Waals surface area contributed by atoms with Crippen LogP contribution < -0.4 is 10.1 Å². The molecule has 0 aliphatic carbocycles. The van der Waals surface area contributed by atoms with Gasteiger partial charge < -0.3 is 10.1 Å². The number of amides is 1. The second-order valence-electron chi connectivity index (χ2n) is 5.57. The van der Waals surface area contributed by atoms with Gasteiger partial charge in [-0.05, 0) is 64.1 Å². The highest BCUT2D eigenvalue weighted by Crippen LogP contribution is 2.29. The topological polar surface area (TPSA) is 41.6 Å². The van der Waals surface area contributed by atoms with Crippen molar-refractivity contribution in [3.05, 3.63) is 67.7 Å². The van der Waals surface area contributed by atoms with Crippen LogP contribution in [0.1, 0.15) is 11.1 Å². The van der Waals surface area contributed by atoms with Crippen molar-refractivity contribution in [2.24, 2.45) is 0 Å². The first kappa shape index (κ1) is 19.2. The van der Waals surface area contributed by atoms with Crippen molar-refractivity contribution >= 4 is 68.4 Å². The Morgan fingerprint density at radius 1 is 1.27 bits per heavy atom. The van der Waals surface area contributed by atoms with Crippen molar-refractivity contribution in [1.82, 2.24) is 10.2 Å². The monoisotopic (exact) mass is 470 g/mol. The minimum Gasteiger partial charge on any atom is -0.488 e. The first-order valence-corrected chi connectivity index (χ1v) is 9.48. The smallest absolute Gasteiger partial charge is 0.276 e. The molecule has 0 spiro atoms. The van der Waals surface area contributed by atoms with E-state index in [0.29, 0.717) is 33.2 Å². The van der Waals surface area contributed by atoms with Gasteiger partial charge in [0, 0.05) is 22.7 Å². The van der Waals surface area contributed by atoms with Crippen molar-refractivity contribution in [2.75, 3.05) is 7.05 Å². The Balaban J connectivity index is 1.74.